The van der Waals surface area contributed by atoms with Crippen molar-refractivity contribution in [2.24, 2.45) is 0 Å². The SMILES string of the molecule is CCN1C(=O)/C(=C\c2ccc(OCC[NH+]3CCOCC3)c(OC)c2)SC1=S. The summed E-state index contributed by atoms with van der Waals surface area (Å²) >= 11 is 6.59. The van der Waals surface area contributed by atoms with Gasteiger partial charge in [0.1, 0.15) is 30.6 Å². The highest BCUT2D eigenvalue weighted by Gasteiger charge is 2.30. The van der Waals surface area contributed by atoms with E-state index in [4.69, 9.17) is 26.4 Å². The first-order valence-electron chi connectivity index (χ1n) is 9.10. The van der Waals surface area contributed by atoms with E-state index in [9.17, 15) is 4.79 Å². The van der Waals surface area contributed by atoms with Gasteiger partial charge >= 0.3 is 0 Å². The van der Waals surface area contributed by atoms with Gasteiger partial charge in [0.15, 0.2) is 11.5 Å². The predicted molar refractivity (Wildman–Crippen MR) is 110 cm³/mol. The standard InChI is InChI=1S/C19H24N2O4S2/c1-3-21-18(22)17(27-19(21)26)13-14-4-5-15(16(12-14)23-2)25-11-8-20-6-9-24-10-7-20/h4-5,12-13H,3,6-11H2,1-2H3/p+1/b17-13+. The number of nitrogens with one attached hydrogen (secondary N) is 1. The van der Waals surface area contributed by atoms with E-state index in [1.807, 2.05) is 31.2 Å². The molecule has 27 heavy (non-hydrogen) atoms. The summed E-state index contributed by atoms with van der Waals surface area (Å²) in [4.78, 5) is 16.1. The zero-order valence-electron chi connectivity index (χ0n) is 15.7. The first-order chi connectivity index (χ1) is 13.1. The van der Waals surface area contributed by atoms with Gasteiger partial charge in [-0.05, 0) is 30.7 Å². The third kappa shape index (κ3) is 5.01. The van der Waals surface area contributed by atoms with Gasteiger partial charge in [0.2, 0.25) is 0 Å². The molecule has 8 heteroatoms. The highest BCUT2D eigenvalue weighted by molar-refractivity contribution is 8.26. The second-order valence-corrected chi connectivity index (χ2v) is 7.97. The maximum Gasteiger partial charge on any atom is 0.266 e. The quantitative estimate of drug-likeness (QED) is 0.540. The van der Waals surface area contributed by atoms with E-state index in [-0.39, 0.29) is 5.91 Å². The third-order valence-corrected chi connectivity index (χ3v) is 5.97. The summed E-state index contributed by atoms with van der Waals surface area (Å²) < 4.78 is 17.4. The molecule has 0 saturated carbocycles. The first-order valence-corrected chi connectivity index (χ1v) is 10.3. The number of quaternary nitrogens is 1. The fraction of sp³-hybridized carbons (Fsp3) is 0.474. The molecule has 0 aromatic heterocycles. The Balaban J connectivity index is 1.64. The predicted octanol–water partition coefficient (Wildman–Crippen LogP) is 1.21. The van der Waals surface area contributed by atoms with Crippen molar-refractivity contribution in [3.8, 4) is 11.5 Å². The lowest BCUT2D eigenvalue weighted by Crippen LogP contribution is -3.14. The molecule has 0 spiro atoms. The Labute approximate surface area is 169 Å². The van der Waals surface area contributed by atoms with E-state index in [2.05, 4.69) is 0 Å². The Morgan fingerprint density at radius 3 is 2.78 bits per heavy atom. The number of nitrogens with zero attached hydrogens (tertiary/aromatic N) is 1. The van der Waals surface area contributed by atoms with Crippen molar-refractivity contribution >= 4 is 40.3 Å². The molecule has 1 aromatic rings. The lowest BCUT2D eigenvalue weighted by atomic mass is 10.2. The van der Waals surface area contributed by atoms with Crippen LogP contribution in [0.5, 0.6) is 11.5 Å². The van der Waals surface area contributed by atoms with Crippen LogP contribution in [0.25, 0.3) is 6.08 Å². The van der Waals surface area contributed by atoms with Gasteiger partial charge in [-0.1, -0.05) is 30.0 Å². The van der Waals surface area contributed by atoms with Crippen molar-refractivity contribution in [2.45, 2.75) is 6.92 Å². The molecule has 2 heterocycles. The maximum absolute atomic E-state index is 12.3. The first kappa shape index (κ1) is 20.1. The molecule has 2 aliphatic heterocycles. The Kier molecular flexibility index (Phi) is 7.12. The number of thiocarbonyl (C=S) groups is 1. The smallest absolute Gasteiger partial charge is 0.266 e. The van der Waals surface area contributed by atoms with Crippen molar-refractivity contribution in [3.05, 3.63) is 28.7 Å². The molecule has 0 radical (unpaired) electrons. The number of methoxy groups -OCH3 is 1. The Morgan fingerprint density at radius 2 is 2.11 bits per heavy atom. The van der Waals surface area contributed by atoms with Gasteiger partial charge in [0, 0.05) is 6.54 Å². The van der Waals surface area contributed by atoms with Crippen LogP contribution in [-0.4, -0.2) is 68.2 Å². The molecule has 6 nitrogen and oxygen atoms in total. The summed E-state index contributed by atoms with van der Waals surface area (Å²) in [6, 6.07) is 5.70. The molecule has 1 amide bonds. The minimum Gasteiger partial charge on any atom is -0.493 e. The number of hydrogen-bond acceptors (Lipinski definition) is 6. The summed E-state index contributed by atoms with van der Waals surface area (Å²) in [7, 11) is 1.62. The number of carbonyl (C=O) groups excluding carboxylic acids is 1. The van der Waals surface area contributed by atoms with Gasteiger partial charge in [0.05, 0.1) is 25.2 Å². The fourth-order valence-electron chi connectivity index (χ4n) is 3.03. The maximum atomic E-state index is 12.3. The highest BCUT2D eigenvalue weighted by Crippen LogP contribution is 2.34. The lowest BCUT2D eigenvalue weighted by Gasteiger charge is -2.23. The number of thioether (sulfide) groups is 1. The van der Waals surface area contributed by atoms with Gasteiger partial charge in [-0.2, -0.15) is 0 Å². The largest absolute Gasteiger partial charge is 0.493 e. The molecule has 0 aliphatic carbocycles. The summed E-state index contributed by atoms with van der Waals surface area (Å²) in [5.41, 5.74) is 0.884. The monoisotopic (exact) mass is 409 g/mol. The normalized spacial score (nSPS) is 19.8. The van der Waals surface area contributed by atoms with Crippen LogP contribution in [-0.2, 0) is 9.53 Å². The molecule has 146 valence electrons. The van der Waals surface area contributed by atoms with E-state index < -0.39 is 0 Å². The van der Waals surface area contributed by atoms with Crippen molar-refractivity contribution in [1.29, 1.82) is 0 Å². The molecule has 3 rings (SSSR count). The van der Waals surface area contributed by atoms with Crippen LogP contribution >= 0.6 is 24.0 Å². The van der Waals surface area contributed by atoms with Crippen LogP contribution < -0.4 is 14.4 Å². The van der Waals surface area contributed by atoms with Gasteiger partial charge in [0.25, 0.3) is 5.91 Å². The minimum absolute atomic E-state index is 0.0414. The van der Waals surface area contributed by atoms with Crippen molar-refractivity contribution in [3.63, 3.8) is 0 Å². The molecule has 0 atom stereocenters. The van der Waals surface area contributed by atoms with Crippen molar-refractivity contribution in [1.82, 2.24) is 4.90 Å². The van der Waals surface area contributed by atoms with E-state index in [0.717, 1.165) is 38.4 Å². The summed E-state index contributed by atoms with van der Waals surface area (Å²) in [5, 5.41) is 0. The van der Waals surface area contributed by atoms with Crippen molar-refractivity contribution < 1.29 is 23.9 Å². The minimum atomic E-state index is -0.0414. The summed E-state index contributed by atoms with van der Waals surface area (Å²) in [5.74, 6) is 1.33. The second kappa shape index (κ2) is 9.54. The Hall–Kier alpha value is -1.61. The van der Waals surface area contributed by atoms with E-state index in [1.54, 1.807) is 12.0 Å². The van der Waals surface area contributed by atoms with Crippen LogP contribution in [0.4, 0.5) is 0 Å². The molecule has 0 unspecified atom stereocenters. The van der Waals surface area contributed by atoms with E-state index in [1.165, 1.54) is 16.7 Å². The van der Waals surface area contributed by atoms with E-state index >= 15 is 0 Å². The fourth-order valence-corrected chi connectivity index (χ4v) is 4.42. The lowest BCUT2D eigenvalue weighted by molar-refractivity contribution is -0.908. The number of hydrogen-bond donors (Lipinski definition) is 1. The molecular weight excluding hydrogens is 384 g/mol. The second-order valence-electron chi connectivity index (χ2n) is 6.30. The van der Waals surface area contributed by atoms with E-state index in [0.29, 0.717) is 33.9 Å². The van der Waals surface area contributed by atoms with Gasteiger partial charge in [-0.15, -0.1) is 0 Å². The average molecular weight is 410 g/mol. The Morgan fingerprint density at radius 1 is 1.33 bits per heavy atom. The topological polar surface area (TPSA) is 52.4 Å². The van der Waals surface area contributed by atoms with Gasteiger partial charge in [-0.25, -0.2) is 0 Å². The number of ether oxygens (including phenoxy) is 3. The van der Waals surface area contributed by atoms with Gasteiger partial charge in [-0.3, -0.25) is 9.69 Å². The van der Waals surface area contributed by atoms with Crippen LogP contribution in [0.3, 0.4) is 0 Å². The molecule has 2 fully saturated rings. The van der Waals surface area contributed by atoms with Crippen LogP contribution in [0.1, 0.15) is 12.5 Å². The Bertz CT molecular complexity index is 732. The van der Waals surface area contributed by atoms with Crippen LogP contribution in [0.2, 0.25) is 0 Å². The molecule has 0 bridgehead atoms. The number of morpholine rings is 1. The number of carbonyl (C=O) groups is 1. The van der Waals surface area contributed by atoms with Crippen LogP contribution in [0, 0.1) is 0 Å². The van der Waals surface area contributed by atoms with Gasteiger partial charge < -0.3 is 19.1 Å². The molecular formula is C19H25N2O4S2+. The third-order valence-electron chi connectivity index (χ3n) is 4.59. The number of likely N-dealkylation sites (N-methyl/N-ethyl adjacent to an activating group) is 1. The van der Waals surface area contributed by atoms with Crippen LogP contribution in [0.15, 0.2) is 23.1 Å². The molecule has 2 aliphatic rings. The zero-order chi connectivity index (χ0) is 19.2. The highest BCUT2D eigenvalue weighted by atomic mass is 32.2. The number of rotatable bonds is 7. The molecule has 1 N–H and O–H groups in total. The zero-order valence-corrected chi connectivity index (χ0v) is 17.3. The molecule has 1 aromatic carbocycles. The number of amides is 1. The number of benzene rings is 1. The van der Waals surface area contributed by atoms with Crippen molar-refractivity contribution in [2.75, 3.05) is 53.1 Å². The summed E-state index contributed by atoms with van der Waals surface area (Å²) in [6.07, 6.45) is 1.85. The molecule has 2 saturated heterocycles. The average Bonchev–Trinajstić information content (AvgIpc) is 2.96. The summed E-state index contributed by atoms with van der Waals surface area (Å²) in [6.45, 7) is 7.75.